The molecule has 1 aliphatic rings. The van der Waals surface area contributed by atoms with Gasteiger partial charge in [-0.3, -0.25) is 0 Å². The van der Waals surface area contributed by atoms with Gasteiger partial charge in [0.1, 0.15) is 5.82 Å². The molecule has 1 aliphatic heterocycles. The van der Waals surface area contributed by atoms with Crippen LogP contribution in [0.4, 0.5) is 4.39 Å². The van der Waals surface area contributed by atoms with E-state index in [4.69, 9.17) is 0 Å². The van der Waals surface area contributed by atoms with Crippen molar-refractivity contribution in [3.8, 4) is 0 Å². The van der Waals surface area contributed by atoms with Gasteiger partial charge in [-0.25, -0.2) is 9.18 Å². The van der Waals surface area contributed by atoms with Crippen molar-refractivity contribution in [1.82, 2.24) is 10.2 Å². The predicted molar refractivity (Wildman–Crippen MR) is 87.6 cm³/mol. The van der Waals surface area contributed by atoms with Crippen molar-refractivity contribution >= 4 is 5.97 Å². The molecular formula is C18H19FN2O2. The number of rotatable bonds is 5. The Hall–Kier alpha value is -2.82. The lowest BCUT2D eigenvalue weighted by Crippen LogP contribution is -2.29. The summed E-state index contributed by atoms with van der Waals surface area (Å²) in [5.41, 5.74) is 2.33. The number of hydrogen-bond acceptors (Lipinski definition) is 3. The highest BCUT2D eigenvalue weighted by atomic mass is 19.1. The molecule has 2 rings (SSSR count). The van der Waals surface area contributed by atoms with Crippen LogP contribution in [0, 0.1) is 12.7 Å². The van der Waals surface area contributed by atoms with Crippen molar-refractivity contribution < 1.29 is 14.3 Å². The van der Waals surface area contributed by atoms with Gasteiger partial charge >= 0.3 is 5.97 Å². The number of carboxylic acids is 1. The molecule has 5 heteroatoms. The van der Waals surface area contributed by atoms with E-state index in [-0.39, 0.29) is 18.1 Å². The van der Waals surface area contributed by atoms with E-state index in [1.165, 1.54) is 11.0 Å². The summed E-state index contributed by atoms with van der Waals surface area (Å²) in [5.74, 6) is -1.40. The van der Waals surface area contributed by atoms with E-state index in [2.05, 4.69) is 11.9 Å². The summed E-state index contributed by atoms with van der Waals surface area (Å²) >= 11 is 0. The molecule has 0 saturated heterocycles. The van der Waals surface area contributed by atoms with Gasteiger partial charge in [-0.2, -0.15) is 0 Å². The smallest absolute Gasteiger partial charge is 0.355 e. The van der Waals surface area contributed by atoms with Gasteiger partial charge in [-0.05, 0) is 37.6 Å². The Morgan fingerprint density at radius 1 is 1.43 bits per heavy atom. The first-order chi connectivity index (χ1) is 10.9. The molecule has 0 bridgehead atoms. The summed E-state index contributed by atoms with van der Waals surface area (Å²) in [6.45, 7) is 7.63. The Morgan fingerprint density at radius 3 is 2.78 bits per heavy atom. The number of aryl methyl sites for hydroxylation is 1. The van der Waals surface area contributed by atoms with E-state index in [9.17, 15) is 14.3 Å². The number of benzene rings is 1. The highest BCUT2D eigenvalue weighted by molar-refractivity contribution is 5.88. The van der Waals surface area contributed by atoms with Crippen LogP contribution in [0.2, 0.25) is 0 Å². The Kier molecular flexibility index (Phi) is 5.01. The zero-order valence-electron chi connectivity index (χ0n) is 13.1. The lowest BCUT2D eigenvalue weighted by atomic mass is 10.1. The molecule has 1 heterocycles. The molecule has 23 heavy (non-hydrogen) atoms. The topological polar surface area (TPSA) is 52.6 Å². The van der Waals surface area contributed by atoms with E-state index in [0.717, 1.165) is 5.56 Å². The second kappa shape index (κ2) is 6.96. The van der Waals surface area contributed by atoms with E-state index in [0.29, 0.717) is 17.0 Å². The lowest BCUT2D eigenvalue weighted by Gasteiger charge is -2.27. The summed E-state index contributed by atoms with van der Waals surface area (Å²) in [7, 11) is 0. The predicted octanol–water partition coefficient (Wildman–Crippen LogP) is 3.44. The molecule has 0 spiro atoms. The number of hydrogen-bond donors (Lipinski definition) is 2. The van der Waals surface area contributed by atoms with Crippen LogP contribution >= 0.6 is 0 Å². The molecule has 0 radical (unpaired) electrons. The molecule has 0 saturated carbocycles. The Balaban J connectivity index is 2.29. The normalized spacial score (nSPS) is 14.7. The summed E-state index contributed by atoms with van der Waals surface area (Å²) in [6, 6.07) is 4.96. The van der Waals surface area contributed by atoms with Gasteiger partial charge in [0.05, 0.1) is 5.70 Å². The fraction of sp³-hybridized carbons (Fsp3) is 0.167. The second-order valence-corrected chi connectivity index (χ2v) is 5.19. The molecule has 0 fully saturated rings. The minimum absolute atomic E-state index is 0.0584. The third kappa shape index (κ3) is 3.69. The van der Waals surface area contributed by atoms with Crippen molar-refractivity contribution in [3.05, 3.63) is 83.2 Å². The minimum atomic E-state index is -1.08. The molecule has 0 aromatic heterocycles. The highest BCUT2D eigenvalue weighted by Crippen LogP contribution is 2.23. The number of aliphatic carboxylic acids is 1. The molecule has 0 aliphatic carbocycles. The average molecular weight is 314 g/mol. The first-order valence-electron chi connectivity index (χ1n) is 7.19. The maximum Gasteiger partial charge on any atom is 0.355 e. The summed E-state index contributed by atoms with van der Waals surface area (Å²) in [6.07, 6.45) is 6.70. The maximum atomic E-state index is 13.9. The number of carboxylic acid groups (broad SMARTS) is 1. The van der Waals surface area contributed by atoms with Gasteiger partial charge in [0.15, 0.2) is 5.70 Å². The zero-order valence-corrected chi connectivity index (χ0v) is 13.1. The molecule has 1 aromatic carbocycles. The number of nitrogens with zero attached hydrogens (tertiary/aromatic N) is 1. The summed E-state index contributed by atoms with van der Waals surface area (Å²) in [5, 5.41) is 12.5. The van der Waals surface area contributed by atoms with Gasteiger partial charge in [0.2, 0.25) is 0 Å². The van der Waals surface area contributed by atoms with Crippen molar-refractivity contribution in [2.24, 2.45) is 0 Å². The third-order valence-electron chi connectivity index (χ3n) is 3.43. The van der Waals surface area contributed by atoms with Crippen LogP contribution in [0.5, 0.6) is 0 Å². The fourth-order valence-electron chi connectivity index (χ4n) is 2.28. The van der Waals surface area contributed by atoms with Crippen molar-refractivity contribution in [1.29, 1.82) is 0 Å². The van der Waals surface area contributed by atoms with Crippen molar-refractivity contribution in [3.63, 3.8) is 0 Å². The molecule has 2 N–H and O–H groups in total. The standard InChI is InChI=1S/C18H19FN2O2/c1-4-9-21-13(3)6-8-16(17(21)18(22)23)20-11-14-7-5-12(2)10-15(14)19/h4-10,20H,3,11H2,1-2H3,(H,22,23)/b9-4-. The number of allylic oxidation sites excluding steroid dienone is 3. The van der Waals surface area contributed by atoms with E-state index in [1.807, 2.05) is 13.0 Å². The van der Waals surface area contributed by atoms with E-state index >= 15 is 0 Å². The van der Waals surface area contributed by atoms with Crippen LogP contribution in [0.3, 0.4) is 0 Å². The fourth-order valence-corrected chi connectivity index (χ4v) is 2.28. The van der Waals surface area contributed by atoms with E-state index < -0.39 is 5.97 Å². The van der Waals surface area contributed by atoms with Crippen LogP contribution < -0.4 is 5.32 Å². The minimum Gasteiger partial charge on any atom is -0.476 e. The SMILES string of the molecule is C=C1C=CC(NCc2ccc(C)cc2F)=C(C(=O)O)N1/C=C\C. The summed E-state index contributed by atoms with van der Waals surface area (Å²) in [4.78, 5) is 13.1. The Bertz CT molecular complexity index is 733. The first-order valence-corrected chi connectivity index (χ1v) is 7.19. The lowest BCUT2D eigenvalue weighted by molar-refractivity contribution is -0.134. The van der Waals surface area contributed by atoms with Crippen molar-refractivity contribution in [2.75, 3.05) is 0 Å². The number of nitrogens with one attached hydrogen (secondary N) is 1. The van der Waals surface area contributed by atoms with Gasteiger partial charge in [0, 0.05) is 24.0 Å². The molecule has 120 valence electrons. The average Bonchev–Trinajstić information content (AvgIpc) is 2.49. The van der Waals surface area contributed by atoms with Crippen LogP contribution in [0.1, 0.15) is 18.1 Å². The van der Waals surface area contributed by atoms with Crippen LogP contribution in [0.25, 0.3) is 0 Å². The number of halogens is 1. The number of carbonyl (C=O) groups is 1. The molecule has 0 atom stereocenters. The Morgan fingerprint density at radius 2 is 2.17 bits per heavy atom. The molecule has 0 amide bonds. The molecule has 4 nitrogen and oxygen atoms in total. The second-order valence-electron chi connectivity index (χ2n) is 5.19. The largest absolute Gasteiger partial charge is 0.476 e. The highest BCUT2D eigenvalue weighted by Gasteiger charge is 2.23. The molecule has 0 unspecified atom stereocenters. The monoisotopic (exact) mass is 314 g/mol. The Labute approximate surface area is 134 Å². The van der Waals surface area contributed by atoms with Gasteiger partial charge < -0.3 is 15.3 Å². The van der Waals surface area contributed by atoms with Gasteiger partial charge in [-0.15, -0.1) is 0 Å². The molecule has 1 aromatic rings. The quantitative estimate of drug-likeness (QED) is 0.874. The maximum absolute atomic E-state index is 13.9. The zero-order chi connectivity index (χ0) is 17.0. The summed E-state index contributed by atoms with van der Waals surface area (Å²) < 4.78 is 13.9. The van der Waals surface area contributed by atoms with E-state index in [1.54, 1.807) is 37.4 Å². The third-order valence-corrected chi connectivity index (χ3v) is 3.43. The van der Waals surface area contributed by atoms with Gasteiger partial charge in [-0.1, -0.05) is 24.8 Å². The van der Waals surface area contributed by atoms with Crippen molar-refractivity contribution in [2.45, 2.75) is 20.4 Å². The first kappa shape index (κ1) is 16.5. The van der Waals surface area contributed by atoms with Crippen LogP contribution in [-0.2, 0) is 11.3 Å². The van der Waals surface area contributed by atoms with Crippen LogP contribution in [-0.4, -0.2) is 16.0 Å². The van der Waals surface area contributed by atoms with Crippen LogP contribution in [0.15, 0.2) is 66.3 Å². The van der Waals surface area contributed by atoms with Gasteiger partial charge in [0.25, 0.3) is 0 Å². The molecular weight excluding hydrogens is 295 g/mol.